The third-order valence-corrected chi connectivity index (χ3v) is 3.59. The minimum atomic E-state index is 0.0695. The number of nitrogens with one attached hydrogen (secondary N) is 1. The summed E-state index contributed by atoms with van der Waals surface area (Å²) in [6, 6.07) is 0.429. The molecule has 1 aromatic heterocycles. The quantitative estimate of drug-likeness (QED) is 0.843. The summed E-state index contributed by atoms with van der Waals surface area (Å²) in [4.78, 5) is 22.8. The number of carbonyl (C=O) groups excluding carboxylic acids is 1. The molecule has 0 spiro atoms. The van der Waals surface area contributed by atoms with Crippen LogP contribution in [0.5, 0.6) is 0 Å². The fourth-order valence-corrected chi connectivity index (χ4v) is 2.36. The second-order valence-corrected chi connectivity index (χ2v) is 5.06. The number of thiazole rings is 1. The first-order valence-corrected chi connectivity index (χ1v) is 6.49. The average Bonchev–Trinajstić information content (AvgIpc) is 2.99. The zero-order valence-corrected chi connectivity index (χ0v) is 10.2. The Kier molecular flexibility index (Phi) is 3.43. The van der Waals surface area contributed by atoms with Crippen LogP contribution in [-0.4, -0.2) is 16.5 Å². The van der Waals surface area contributed by atoms with E-state index in [2.05, 4.69) is 5.32 Å². The standard InChI is InChI=1S/C11H16N2O2S/c1-8-7-16-11(15)13(8)6-2-3-10(14)12-9-4-5-9/h7,9H,2-6H2,1H3,(H,12,14). The molecule has 1 amide bonds. The van der Waals surface area contributed by atoms with E-state index in [1.807, 2.05) is 12.3 Å². The Labute approximate surface area is 98.3 Å². The number of amides is 1. The van der Waals surface area contributed by atoms with Gasteiger partial charge in [0.15, 0.2) is 0 Å². The largest absolute Gasteiger partial charge is 0.353 e. The van der Waals surface area contributed by atoms with E-state index < -0.39 is 0 Å². The lowest BCUT2D eigenvalue weighted by atomic mass is 10.3. The molecule has 1 heterocycles. The van der Waals surface area contributed by atoms with Crippen LogP contribution in [0.1, 0.15) is 31.4 Å². The number of nitrogens with zero attached hydrogens (tertiary/aromatic N) is 1. The van der Waals surface area contributed by atoms with Crippen molar-refractivity contribution < 1.29 is 4.79 Å². The molecule has 0 bridgehead atoms. The highest BCUT2D eigenvalue weighted by Gasteiger charge is 2.22. The van der Waals surface area contributed by atoms with Crippen molar-refractivity contribution in [2.75, 3.05) is 0 Å². The maximum atomic E-state index is 11.4. The van der Waals surface area contributed by atoms with Crippen LogP contribution in [0.3, 0.4) is 0 Å². The fraction of sp³-hybridized carbons (Fsp3) is 0.636. The molecule has 5 heteroatoms. The van der Waals surface area contributed by atoms with E-state index in [9.17, 15) is 9.59 Å². The number of aromatic nitrogens is 1. The topological polar surface area (TPSA) is 51.1 Å². The van der Waals surface area contributed by atoms with E-state index in [-0.39, 0.29) is 10.8 Å². The highest BCUT2D eigenvalue weighted by Crippen LogP contribution is 2.18. The molecule has 0 atom stereocenters. The summed E-state index contributed by atoms with van der Waals surface area (Å²) in [7, 11) is 0. The molecule has 0 saturated heterocycles. The molecular weight excluding hydrogens is 224 g/mol. The van der Waals surface area contributed by atoms with Crippen molar-refractivity contribution in [1.29, 1.82) is 0 Å². The molecule has 2 rings (SSSR count). The van der Waals surface area contributed by atoms with Crippen LogP contribution in [0, 0.1) is 6.92 Å². The Morgan fingerprint density at radius 2 is 2.38 bits per heavy atom. The molecule has 0 unspecified atom stereocenters. The molecule has 16 heavy (non-hydrogen) atoms. The second kappa shape index (κ2) is 4.82. The Balaban J connectivity index is 1.74. The summed E-state index contributed by atoms with van der Waals surface area (Å²) in [5, 5.41) is 4.79. The summed E-state index contributed by atoms with van der Waals surface area (Å²) >= 11 is 1.22. The predicted molar refractivity (Wildman–Crippen MR) is 63.7 cm³/mol. The summed E-state index contributed by atoms with van der Waals surface area (Å²) in [5.74, 6) is 0.114. The zero-order valence-electron chi connectivity index (χ0n) is 9.36. The van der Waals surface area contributed by atoms with Gasteiger partial charge < -0.3 is 9.88 Å². The van der Waals surface area contributed by atoms with Crippen molar-refractivity contribution in [2.24, 2.45) is 0 Å². The third-order valence-electron chi connectivity index (χ3n) is 2.70. The maximum absolute atomic E-state index is 11.4. The third kappa shape index (κ3) is 2.95. The van der Waals surface area contributed by atoms with Crippen LogP contribution in [0.4, 0.5) is 0 Å². The van der Waals surface area contributed by atoms with Crippen molar-refractivity contribution in [3.05, 3.63) is 20.7 Å². The smallest absolute Gasteiger partial charge is 0.307 e. The van der Waals surface area contributed by atoms with Crippen molar-refractivity contribution >= 4 is 17.2 Å². The van der Waals surface area contributed by atoms with Gasteiger partial charge in [0.25, 0.3) is 0 Å². The van der Waals surface area contributed by atoms with Gasteiger partial charge in [-0.1, -0.05) is 11.3 Å². The van der Waals surface area contributed by atoms with E-state index in [1.165, 1.54) is 11.3 Å². The van der Waals surface area contributed by atoms with E-state index >= 15 is 0 Å². The van der Waals surface area contributed by atoms with Crippen molar-refractivity contribution in [3.63, 3.8) is 0 Å². The van der Waals surface area contributed by atoms with Gasteiger partial charge in [0.2, 0.25) is 5.91 Å². The van der Waals surface area contributed by atoms with Crippen LogP contribution in [0.15, 0.2) is 10.2 Å². The second-order valence-electron chi connectivity index (χ2n) is 4.24. The van der Waals surface area contributed by atoms with Crippen molar-refractivity contribution in [1.82, 2.24) is 9.88 Å². The summed E-state index contributed by atoms with van der Waals surface area (Å²) in [6.45, 7) is 2.56. The minimum Gasteiger partial charge on any atom is -0.353 e. The molecule has 1 aromatic rings. The molecule has 4 nitrogen and oxygen atoms in total. The molecule has 0 aromatic carbocycles. The molecule has 1 aliphatic carbocycles. The van der Waals surface area contributed by atoms with Gasteiger partial charge in [0.1, 0.15) is 0 Å². The van der Waals surface area contributed by atoms with Gasteiger partial charge in [-0.25, -0.2) is 0 Å². The number of hydrogen-bond donors (Lipinski definition) is 1. The average molecular weight is 240 g/mol. The molecule has 1 fully saturated rings. The Hall–Kier alpha value is -1.10. The minimum absolute atomic E-state index is 0.0695. The lowest BCUT2D eigenvalue weighted by Gasteiger charge is -2.05. The Morgan fingerprint density at radius 1 is 1.62 bits per heavy atom. The molecule has 1 saturated carbocycles. The first-order valence-electron chi connectivity index (χ1n) is 5.61. The monoisotopic (exact) mass is 240 g/mol. The van der Waals surface area contributed by atoms with Gasteiger partial charge in [-0.3, -0.25) is 9.59 Å². The number of rotatable bonds is 5. The van der Waals surface area contributed by atoms with E-state index in [1.54, 1.807) is 4.57 Å². The summed E-state index contributed by atoms with van der Waals surface area (Å²) in [6.07, 6.45) is 3.48. The Morgan fingerprint density at radius 3 is 2.94 bits per heavy atom. The molecule has 0 aliphatic heterocycles. The maximum Gasteiger partial charge on any atom is 0.307 e. The van der Waals surface area contributed by atoms with Gasteiger partial charge in [-0.15, -0.1) is 0 Å². The van der Waals surface area contributed by atoms with E-state index in [0.717, 1.165) is 25.0 Å². The van der Waals surface area contributed by atoms with E-state index in [0.29, 0.717) is 19.0 Å². The van der Waals surface area contributed by atoms with Crippen molar-refractivity contribution in [2.45, 2.75) is 45.2 Å². The number of carbonyl (C=O) groups is 1. The molecule has 1 aliphatic rings. The summed E-state index contributed by atoms with van der Waals surface area (Å²) < 4.78 is 1.73. The molecule has 1 N–H and O–H groups in total. The summed E-state index contributed by atoms with van der Waals surface area (Å²) in [5.41, 5.74) is 0.984. The van der Waals surface area contributed by atoms with Crippen molar-refractivity contribution in [3.8, 4) is 0 Å². The van der Waals surface area contributed by atoms with Crippen LogP contribution < -0.4 is 10.2 Å². The molecule has 88 valence electrons. The highest BCUT2D eigenvalue weighted by molar-refractivity contribution is 7.07. The molecule has 0 radical (unpaired) electrons. The van der Waals surface area contributed by atoms with Crippen LogP contribution in [-0.2, 0) is 11.3 Å². The van der Waals surface area contributed by atoms with Gasteiger partial charge in [-0.05, 0) is 26.2 Å². The highest BCUT2D eigenvalue weighted by atomic mass is 32.1. The SMILES string of the molecule is Cc1csc(=O)n1CCCC(=O)NC1CC1. The van der Waals surface area contributed by atoms with E-state index in [4.69, 9.17) is 0 Å². The number of hydrogen-bond acceptors (Lipinski definition) is 3. The normalized spacial score (nSPS) is 15.1. The first kappa shape index (κ1) is 11.4. The first-order chi connectivity index (χ1) is 7.66. The van der Waals surface area contributed by atoms with Gasteiger partial charge in [0.05, 0.1) is 0 Å². The lowest BCUT2D eigenvalue weighted by Crippen LogP contribution is -2.25. The number of aryl methyl sites for hydroxylation is 1. The van der Waals surface area contributed by atoms with Gasteiger partial charge >= 0.3 is 4.87 Å². The van der Waals surface area contributed by atoms with Crippen LogP contribution >= 0.6 is 11.3 Å². The van der Waals surface area contributed by atoms with Crippen LogP contribution in [0.25, 0.3) is 0 Å². The predicted octanol–water partition coefficient (Wildman–Crippen LogP) is 1.28. The van der Waals surface area contributed by atoms with Gasteiger partial charge in [0, 0.05) is 30.1 Å². The fourth-order valence-electron chi connectivity index (χ4n) is 1.60. The van der Waals surface area contributed by atoms with Gasteiger partial charge in [-0.2, -0.15) is 0 Å². The Bertz CT molecular complexity index is 431. The lowest BCUT2D eigenvalue weighted by molar-refractivity contribution is -0.121. The molecular formula is C11H16N2O2S. The van der Waals surface area contributed by atoms with Crippen LogP contribution in [0.2, 0.25) is 0 Å². The zero-order chi connectivity index (χ0) is 11.5.